The number of ether oxygens (including phenoxy) is 1. The standard InChI is InChI=1S/C17H16N2O2S2/c1-20-14-10-12(8-9-15(14)22-2)11-23-17-19-18-16(21-17)13-6-4-3-5-7-13/h3-10H,11H2,1-2H3. The Labute approximate surface area is 143 Å². The molecule has 3 aromatic rings. The summed E-state index contributed by atoms with van der Waals surface area (Å²) in [6.45, 7) is 0. The van der Waals surface area contributed by atoms with Crippen molar-refractivity contribution < 1.29 is 9.15 Å². The van der Waals surface area contributed by atoms with E-state index in [1.165, 1.54) is 11.8 Å². The predicted molar refractivity (Wildman–Crippen MR) is 94.1 cm³/mol. The van der Waals surface area contributed by atoms with E-state index in [1.807, 2.05) is 42.7 Å². The molecule has 0 bridgehead atoms. The number of rotatable bonds is 6. The SMILES string of the molecule is COc1cc(CSc2nnc(-c3ccccc3)o2)ccc1SC. The largest absolute Gasteiger partial charge is 0.496 e. The fraction of sp³-hybridized carbons (Fsp3) is 0.176. The van der Waals surface area contributed by atoms with Crippen LogP contribution in [-0.4, -0.2) is 23.6 Å². The van der Waals surface area contributed by atoms with E-state index in [4.69, 9.17) is 9.15 Å². The zero-order valence-corrected chi connectivity index (χ0v) is 14.5. The highest BCUT2D eigenvalue weighted by molar-refractivity contribution is 7.98. The lowest BCUT2D eigenvalue weighted by molar-refractivity contribution is 0.404. The fourth-order valence-electron chi connectivity index (χ4n) is 2.08. The molecule has 0 spiro atoms. The number of benzene rings is 2. The molecule has 0 unspecified atom stereocenters. The number of thioether (sulfide) groups is 2. The average Bonchev–Trinajstić information content (AvgIpc) is 3.09. The maximum absolute atomic E-state index is 5.70. The van der Waals surface area contributed by atoms with E-state index in [9.17, 15) is 0 Å². The van der Waals surface area contributed by atoms with Crippen LogP contribution in [-0.2, 0) is 5.75 Å². The molecule has 3 rings (SSSR count). The van der Waals surface area contributed by atoms with Crippen LogP contribution in [0.4, 0.5) is 0 Å². The number of hydrogen-bond acceptors (Lipinski definition) is 6. The molecule has 6 heteroatoms. The van der Waals surface area contributed by atoms with Crippen molar-refractivity contribution in [3.8, 4) is 17.2 Å². The van der Waals surface area contributed by atoms with Crippen LogP contribution >= 0.6 is 23.5 Å². The monoisotopic (exact) mass is 344 g/mol. The second-order valence-electron chi connectivity index (χ2n) is 4.72. The van der Waals surface area contributed by atoms with Gasteiger partial charge in [-0.3, -0.25) is 0 Å². The molecule has 2 aromatic carbocycles. The molecule has 118 valence electrons. The summed E-state index contributed by atoms with van der Waals surface area (Å²) in [5.41, 5.74) is 2.09. The van der Waals surface area contributed by atoms with E-state index in [-0.39, 0.29) is 0 Å². The predicted octanol–water partition coefficient (Wildman–Crippen LogP) is 4.76. The summed E-state index contributed by atoms with van der Waals surface area (Å²) in [5.74, 6) is 2.19. The van der Waals surface area contributed by atoms with Crippen LogP contribution in [0.1, 0.15) is 5.56 Å². The molecule has 1 aromatic heterocycles. The van der Waals surface area contributed by atoms with Crippen LogP contribution in [0.25, 0.3) is 11.5 Å². The van der Waals surface area contributed by atoms with Crippen molar-refractivity contribution in [2.45, 2.75) is 15.9 Å². The van der Waals surface area contributed by atoms with Gasteiger partial charge >= 0.3 is 0 Å². The van der Waals surface area contributed by atoms with E-state index < -0.39 is 0 Å². The molecule has 0 fully saturated rings. The number of nitrogens with zero attached hydrogens (tertiary/aromatic N) is 2. The molecule has 0 aliphatic rings. The molecule has 0 radical (unpaired) electrons. The van der Waals surface area contributed by atoms with Gasteiger partial charge in [0.05, 0.1) is 7.11 Å². The number of hydrogen-bond donors (Lipinski definition) is 0. The molecule has 1 heterocycles. The van der Waals surface area contributed by atoms with Crippen LogP contribution in [0, 0.1) is 0 Å². The molecule has 0 atom stereocenters. The molecule has 4 nitrogen and oxygen atoms in total. The maximum atomic E-state index is 5.70. The molecule has 0 N–H and O–H groups in total. The van der Waals surface area contributed by atoms with Gasteiger partial charge in [0.1, 0.15) is 5.75 Å². The third-order valence-corrected chi connectivity index (χ3v) is 4.90. The Morgan fingerprint density at radius 1 is 1.09 bits per heavy atom. The van der Waals surface area contributed by atoms with Crippen molar-refractivity contribution in [1.29, 1.82) is 0 Å². The first-order chi connectivity index (χ1) is 11.3. The minimum atomic E-state index is 0.545. The fourth-order valence-corrected chi connectivity index (χ4v) is 3.33. The highest BCUT2D eigenvalue weighted by Gasteiger charge is 2.10. The first-order valence-electron chi connectivity index (χ1n) is 7.03. The average molecular weight is 344 g/mol. The van der Waals surface area contributed by atoms with Gasteiger partial charge in [-0.15, -0.1) is 22.0 Å². The number of aromatic nitrogens is 2. The Hall–Kier alpha value is -1.92. The van der Waals surface area contributed by atoms with Gasteiger partial charge in [0.2, 0.25) is 5.89 Å². The highest BCUT2D eigenvalue weighted by atomic mass is 32.2. The van der Waals surface area contributed by atoms with Crippen LogP contribution in [0.2, 0.25) is 0 Å². The molecular formula is C17H16N2O2S2. The Bertz CT molecular complexity index is 775. The second kappa shape index (κ2) is 7.57. The molecular weight excluding hydrogens is 328 g/mol. The zero-order valence-electron chi connectivity index (χ0n) is 12.9. The van der Waals surface area contributed by atoms with E-state index in [0.29, 0.717) is 11.1 Å². The molecule has 0 saturated heterocycles. The van der Waals surface area contributed by atoms with Crippen molar-refractivity contribution in [1.82, 2.24) is 10.2 Å². The normalized spacial score (nSPS) is 10.7. The van der Waals surface area contributed by atoms with Crippen LogP contribution in [0.3, 0.4) is 0 Å². The van der Waals surface area contributed by atoms with Gasteiger partial charge in [0, 0.05) is 16.2 Å². The summed E-state index contributed by atoms with van der Waals surface area (Å²) in [6.07, 6.45) is 2.04. The molecule has 23 heavy (non-hydrogen) atoms. The third kappa shape index (κ3) is 3.89. The van der Waals surface area contributed by atoms with Crippen molar-refractivity contribution in [2.24, 2.45) is 0 Å². The summed E-state index contributed by atoms with van der Waals surface area (Å²) < 4.78 is 11.1. The van der Waals surface area contributed by atoms with Crippen molar-refractivity contribution in [2.75, 3.05) is 13.4 Å². The summed E-state index contributed by atoms with van der Waals surface area (Å²) in [6, 6.07) is 16.0. The van der Waals surface area contributed by atoms with Gasteiger partial charge < -0.3 is 9.15 Å². The van der Waals surface area contributed by atoms with Crippen molar-refractivity contribution in [3.63, 3.8) is 0 Å². The zero-order chi connectivity index (χ0) is 16.1. The Morgan fingerprint density at radius 2 is 1.91 bits per heavy atom. The summed E-state index contributed by atoms with van der Waals surface area (Å²) in [4.78, 5) is 1.13. The Balaban J connectivity index is 1.68. The molecule has 0 saturated carbocycles. The minimum Gasteiger partial charge on any atom is -0.496 e. The van der Waals surface area contributed by atoms with E-state index >= 15 is 0 Å². The van der Waals surface area contributed by atoms with Gasteiger partial charge in [-0.05, 0) is 36.1 Å². The maximum Gasteiger partial charge on any atom is 0.277 e. The van der Waals surface area contributed by atoms with Gasteiger partial charge in [-0.2, -0.15) is 0 Å². The highest BCUT2D eigenvalue weighted by Crippen LogP contribution is 2.31. The quantitative estimate of drug-likeness (QED) is 0.601. The topological polar surface area (TPSA) is 48.2 Å². The Morgan fingerprint density at radius 3 is 2.65 bits per heavy atom. The first-order valence-corrected chi connectivity index (χ1v) is 9.24. The van der Waals surface area contributed by atoms with Crippen LogP contribution < -0.4 is 4.74 Å². The summed E-state index contributed by atoms with van der Waals surface area (Å²) in [5, 5.41) is 8.76. The minimum absolute atomic E-state index is 0.545. The summed E-state index contributed by atoms with van der Waals surface area (Å²) >= 11 is 3.19. The van der Waals surface area contributed by atoms with Crippen molar-refractivity contribution in [3.05, 3.63) is 54.1 Å². The second-order valence-corrected chi connectivity index (χ2v) is 6.49. The van der Waals surface area contributed by atoms with Gasteiger partial charge in [-0.25, -0.2) is 0 Å². The third-order valence-electron chi connectivity index (χ3n) is 3.24. The Kier molecular flexibility index (Phi) is 5.25. The van der Waals surface area contributed by atoms with E-state index in [2.05, 4.69) is 22.3 Å². The van der Waals surface area contributed by atoms with E-state index in [0.717, 1.165) is 27.5 Å². The molecule has 0 aliphatic heterocycles. The smallest absolute Gasteiger partial charge is 0.277 e. The van der Waals surface area contributed by atoms with Gasteiger partial charge in [0.25, 0.3) is 5.22 Å². The van der Waals surface area contributed by atoms with Crippen LogP contribution in [0.5, 0.6) is 5.75 Å². The lowest BCUT2D eigenvalue weighted by Gasteiger charge is -2.07. The van der Waals surface area contributed by atoms with E-state index in [1.54, 1.807) is 18.9 Å². The lowest BCUT2D eigenvalue weighted by atomic mass is 10.2. The molecule has 0 amide bonds. The number of methoxy groups -OCH3 is 1. The molecule has 0 aliphatic carbocycles. The van der Waals surface area contributed by atoms with Gasteiger partial charge in [-0.1, -0.05) is 36.0 Å². The lowest BCUT2D eigenvalue weighted by Crippen LogP contribution is -1.89. The van der Waals surface area contributed by atoms with Gasteiger partial charge in [0.15, 0.2) is 0 Å². The first kappa shape index (κ1) is 16.0. The summed E-state index contributed by atoms with van der Waals surface area (Å²) in [7, 11) is 1.69. The van der Waals surface area contributed by atoms with Crippen molar-refractivity contribution >= 4 is 23.5 Å². The van der Waals surface area contributed by atoms with Crippen LogP contribution in [0.15, 0.2) is 63.1 Å².